The third-order valence-corrected chi connectivity index (χ3v) is 5.01. The molecule has 1 aromatic carbocycles. The molecule has 0 bridgehead atoms. The Bertz CT molecular complexity index is 541. The van der Waals surface area contributed by atoms with Gasteiger partial charge in [-0.15, -0.1) is 11.3 Å². The smallest absolute Gasteiger partial charge is 0.0794 e. The lowest BCUT2D eigenvalue weighted by Gasteiger charge is -2.40. The molecule has 20 heavy (non-hydrogen) atoms. The number of hydrogen-bond acceptors (Lipinski definition) is 3. The second-order valence-corrected chi connectivity index (χ2v) is 7.44. The van der Waals surface area contributed by atoms with E-state index in [0.29, 0.717) is 6.42 Å². The lowest BCUT2D eigenvalue weighted by molar-refractivity contribution is -0.0500. The van der Waals surface area contributed by atoms with E-state index in [4.69, 9.17) is 0 Å². The van der Waals surface area contributed by atoms with Crippen molar-refractivity contribution in [3.05, 3.63) is 52.0 Å². The highest BCUT2D eigenvalue weighted by molar-refractivity contribution is 7.09. The summed E-state index contributed by atoms with van der Waals surface area (Å²) in [6.45, 7) is 8.29. The molecule has 0 saturated carbocycles. The predicted molar refractivity (Wildman–Crippen MR) is 85.1 cm³/mol. The first kappa shape index (κ1) is 15.2. The molecule has 108 valence electrons. The second kappa shape index (κ2) is 5.66. The lowest BCUT2D eigenvalue weighted by atomic mass is 9.70. The van der Waals surface area contributed by atoms with E-state index in [1.807, 2.05) is 18.6 Å². The Morgan fingerprint density at radius 3 is 2.30 bits per heavy atom. The summed E-state index contributed by atoms with van der Waals surface area (Å²) in [5.41, 5.74) is 3.39. The van der Waals surface area contributed by atoms with E-state index in [2.05, 4.69) is 50.0 Å². The Labute approximate surface area is 125 Å². The Morgan fingerprint density at radius 2 is 1.75 bits per heavy atom. The Hall–Kier alpha value is -1.19. The van der Waals surface area contributed by atoms with Crippen molar-refractivity contribution < 1.29 is 5.11 Å². The highest BCUT2D eigenvalue weighted by Gasteiger charge is 2.39. The maximum atomic E-state index is 10.9. The van der Waals surface area contributed by atoms with Gasteiger partial charge in [-0.25, -0.2) is 0 Å². The number of thiazole rings is 1. The van der Waals surface area contributed by atoms with Crippen molar-refractivity contribution in [2.75, 3.05) is 0 Å². The second-order valence-electron chi connectivity index (χ2n) is 6.46. The van der Waals surface area contributed by atoms with Crippen molar-refractivity contribution in [2.24, 2.45) is 5.41 Å². The fourth-order valence-electron chi connectivity index (χ4n) is 2.31. The predicted octanol–water partition coefficient (Wildman–Crippen LogP) is 4.01. The number of nitrogens with zero attached hydrogens (tertiary/aromatic N) is 1. The van der Waals surface area contributed by atoms with E-state index in [1.165, 1.54) is 11.1 Å². The monoisotopic (exact) mass is 289 g/mol. The first-order valence-electron chi connectivity index (χ1n) is 6.95. The molecule has 1 atom stereocenters. The van der Waals surface area contributed by atoms with Gasteiger partial charge < -0.3 is 5.11 Å². The van der Waals surface area contributed by atoms with Gasteiger partial charge in [0.25, 0.3) is 0 Å². The van der Waals surface area contributed by atoms with Gasteiger partial charge in [0.05, 0.1) is 11.1 Å². The van der Waals surface area contributed by atoms with Crippen LogP contribution in [0, 0.1) is 12.3 Å². The third-order valence-electron chi connectivity index (χ3n) is 4.23. The average molecular weight is 289 g/mol. The Kier molecular flexibility index (Phi) is 4.31. The molecule has 0 aliphatic rings. The van der Waals surface area contributed by atoms with Crippen molar-refractivity contribution in [1.82, 2.24) is 4.98 Å². The molecule has 0 aliphatic carbocycles. The number of aliphatic hydroxyl groups is 1. The highest BCUT2D eigenvalue weighted by atomic mass is 32.1. The highest BCUT2D eigenvalue weighted by Crippen LogP contribution is 2.37. The van der Waals surface area contributed by atoms with Gasteiger partial charge in [0.1, 0.15) is 0 Å². The molecular formula is C17H23NOS. The van der Waals surface area contributed by atoms with Gasteiger partial charge in [0, 0.05) is 17.5 Å². The van der Waals surface area contributed by atoms with E-state index in [9.17, 15) is 5.11 Å². The first-order chi connectivity index (χ1) is 9.30. The summed E-state index contributed by atoms with van der Waals surface area (Å²) in [6.07, 6.45) is 3.36. The molecule has 0 radical (unpaired) electrons. The topological polar surface area (TPSA) is 33.1 Å². The molecule has 2 aromatic rings. The normalized spacial score (nSPS) is 15.1. The fourth-order valence-corrected chi connectivity index (χ4v) is 3.06. The van der Waals surface area contributed by atoms with Crippen LogP contribution in [0.2, 0.25) is 0 Å². The van der Waals surface area contributed by atoms with Crippen LogP contribution in [0.4, 0.5) is 0 Å². The zero-order chi connectivity index (χ0) is 14.8. The summed E-state index contributed by atoms with van der Waals surface area (Å²) in [7, 11) is 0. The van der Waals surface area contributed by atoms with Gasteiger partial charge in [0.15, 0.2) is 0 Å². The molecule has 0 aliphatic heterocycles. The Balaban J connectivity index is 2.13. The van der Waals surface area contributed by atoms with Crippen molar-refractivity contribution in [2.45, 2.75) is 46.1 Å². The molecule has 2 nitrogen and oxygen atoms in total. The Morgan fingerprint density at radius 1 is 1.10 bits per heavy atom. The van der Waals surface area contributed by atoms with Gasteiger partial charge in [0.2, 0.25) is 0 Å². The summed E-state index contributed by atoms with van der Waals surface area (Å²) < 4.78 is 0. The molecule has 1 aromatic heterocycles. The van der Waals surface area contributed by atoms with Crippen LogP contribution in [0.1, 0.15) is 36.8 Å². The van der Waals surface area contributed by atoms with Gasteiger partial charge in [-0.1, -0.05) is 43.7 Å². The first-order valence-corrected chi connectivity index (χ1v) is 7.83. The van der Waals surface area contributed by atoms with E-state index in [-0.39, 0.29) is 5.41 Å². The summed E-state index contributed by atoms with van der Waals surface area (Å²) in [5.74, 6) is 0. The summed E-state index contributed by atoms with van der Waals surface area (Å²) in [6, 6.07) is 8.56. The minimum atomic E-state index is -0.760. The maximum absolute atomic E-state index is 10.9. The minimum Gasteiger partial charge on any atom is -0.389 e. The van der Waals surface area contributed by atoms with Crippen LogP contribution < -0.4 is 0 Å². The van der Waals surface area contributed by atoms with Crippen molar-refractivity contribution in [3.8, 4) is 0 Å². The van der Waals surface area contributed by atoms with Gasteiger partial charge in [-0.2, -0.15) is 0 Å². The number of aryl methyl sites for hydroxylation is 1. The third kappa shape index (κ3) is 3.47. The molecule has 1 unspecified atom stereocenters. The zero-order valence-corrected chi connectivity index (χ0v) is 13.5. The molecule has 0 saturated heterocycles. The van der Waals surface area contributed by atoms with Crippen LogP contribution in [0.25, 0.3) is 0 Å². The van der Waals surface area contributed by atoms with E-state index >= 15 is 0 Å². The van der Waals surface area contributed by atoms with Crippen molar-refractivity contribution in [3.63, 3.8) is 0 Å². The molecule has 0 spiro atoms. The van der Waals surface area contributed by atoms with Crippen molar-refractivity contribution >= 4 is 11.3 Å². The number of hydrogen-bond donors (Lipinski definition) is 1. The van der Waals surface area contributed by atoms with Gasteiger partial charge in [-0.05, 0) is 31.2 Å². The van der Waals surface area contributed by atoms with E-state index < -0.39 is 5.60 Å². The van der Waals surface area contributed by atoms with E-state index in [0.717, 1.165) is 11.3 Å². The number of rotatable bonds is 5. The molecule has 1 heterocycles. The quantitative estimate of drug-likeness (QED) is 0.902. The fraction of sp³-hybridized carbons (Fsp3) is 0.471. The SMILES string of the molecule is Cc1ccc(CC(C)(C)C(C)(O)Cc2cncs2)cc1. The molecular weight excluding hydrogens is 266 g/mol. The van der Waals surface area contributed by atoms with Crippen LogP contribution >= 0.6 is 11.3 Å². The van der Waals surface area contributed by atoms with Gasteiger partial charge >= 0.3 is 0 Å². The lowest BCUT2D eigenvalue weighted by Crippen LogP contribution is -2.45. The molecule has 0 amide bonds. The van der Waals surface area contributed by atoms with Crippen LogP contribution in [-0.4, -0.2) is 15.7 Å². The number of benzene rings is 1. The van der Waals surface area contributed by atoms with Gasteiger partial charge in [-0.3, -0.25) is 4.98 Å². The largest absolute Gasteiger partial charge is 0.389 e. The summed E-state index contributed by atoms with van der Waals surface area (Å²) in [5, 5.41) is 10.9. The molecule has 2 rings (SSSR count). The molecule has 1 N–H and O–H groups in total. The van der Waals surface area contributed by atoms with Crippen LogP contribution in [-0.2, 0) is 12.8 Å². The van der Waals surface area contributed by atoms with E-state index in [1.54, 1.807) is 11.3 Å². The standard InChI is InChI=1S/C17H23NOS/c1-13-5-7-14(8-6-13)9-16(2,3)17(4,19)10-15-11-18-12-20-15/h5-8,11-12,19H,9-10H2,1-4H3. The summed E-state index contributed by atoms with van der Waals surface area (Å²) >= 11 is 1.60. The summed E-state index contributed by atoms with van der Waals surface area (Å²) in [4.78, 5) is 5.22. The maximum Gasteiger partial charge on any atom is 0.0794 e. The van der Waals surface area contributed by atoms with Crippen molar-refractivity contribution in [1.29, 1.82) is 0 Å². The minimum absolute atomic E-state index is 0.202. The molecule has 3 heteroatoms. The van der Waals surface area contributed by atoms with Crippen LogP contribution in [0.5, 0.6) is 0 Å². The van der Waals surface area contributed by atoms with Crippen LogP contribution in [0.3, 0.4) is 0 Å². The number of aromatic nitrogens is 1. The molecule has 0 fully saturated rings. The zero-order valence-electron chi connectivity index (χ0n) is 12.7. The average Bonchev–Trinajstić information content (AvgIpc) is 2.83. The van der Waals surface area contributed by atoms with Crippen LogP contribution in [0.15, 0.2) is 36.0 Å².